The summed E-state index contributed by atoms with van der Waals surface area (Å²) >= 11 is 0. The van der Waals surface area contributed by atoms with Crippen molar-refractivity contribution < 1.29 is 8.81 Å². The molecule has 0 aliphatic rings. The second kappa shape index (κ2) is 12.3. The first-order valence-electron chi connectivity index (χ1n) is 10.0. The summed E-state index contributed by atoms with van der Waals surface area (Å²) in [5.74, 6) is 1.18. The quantitative estimate of drug-likeness (QED) is 0.266. The Bertz CT molecular complexity index is 690. The zero-order valence-corrected chi connectivity index (χ0v) is 17.8. The van der Waals surface area contributed by atoms with E-state index >= 15 is 4.39 Å². The predicted molar refractivity (Wildman–Crippen MR) is 113 cm³/mol. The van der Waals surface area contributed by atoms with E-state index in [2.05, 4.69) is 30.2 Å². The summed E-state index contributed by atoms with van der Waals surface area (Å²) in [6.07, 6.45) is 8.18. The van der Waals surface area contributed by atoms with Crippen LogP contribution in [-0.4, -0.2) is 5.84 Å². The number of unbranched alkanes of at least 4 members (excludes halogenated alkanes) is 1. The molecule has 0 saturated heterocycles. The Hall–Kier alpha value is -2.10. The normalized spacial score (nSPS) is 13.4. The number of amidine groups is 1. The van der Waals surface area contributed by atoms with Gasteiger partial charge in [-0.2, -0.15) is 0 Å². The summed E-state index contributed by atoms with van der Waals surface area (Å²) in [6, 6.07) is 3.72. The molecule has 1 aromatic heterocycles. The molecular weight excluding hydrogens is 339 g/mol. The van der Waals surface area contributed by atoms with E-state index < -0.39 is 0 Å². The van der Waals surface area contributed by atoms with E-state index in [1.165, 1.54) is 0 Å². The number of furan rings is 1. The van der Waals surface area contributed by atoms with Gasteiger partial charge in [0.05, 0.1) is 18.4 Å². The molecule has 1 aromatic rings. The van der Waals surface area contributed by atoms with Gasteiger partial charge in [0.15, 0.2) is 0 Å². The van der Waals surface area contributed by atoms with Crippen LogP contribution in [0.5, 0.6) is 0 Å². The molecule has 27 heavy (non-hydrogen) atoms. The highest BCUT2D eigenvalue weighted by Gasteiger charge is 2.18. The van der Waals surface area contributed by atoms with Crippen molar-refractivity contribution in [2.24, 2.45) is 4.99 Å². The maximum atomic E-state index is 15.4. The van der Waals surface area contributed by atoms with Gasteiger partial charge >= 0.3 is 0 Å². The fourth-order valence-corrected chi connectivity index (χ4v) is 2.82. The van der Waals surface area contributed by atoms with Crippen LogP contribution in [0, 0.1) is 0 Å². The number of nitrogens with one attached hydrogen (secondary N) is 1. The molecule has 0 radical (unpaired) electrons. The van der Waals surface area contributed by atoms with Gasteiger partial charge in [0, 0.05) is 5.70 Å². The van der Waals surface area contributed by atoms with E-state index in [4.69, 9.17) is 4.42 Å². The van der Waals surface area contributed by atoms with Crippen LogP contribution in [0.4, 0.5) is 4.39 Å². The van der Waals surface area contributed by atoms with E-state index in [1.54, 1.807) is 6.26 Å². The van der Waals surface area contributed by atoms with Crippen molar-refractivity contribution >= 4 is 5.84 Å². The molecule has 0 aliphatic heterocycles. The van der Waals surface area contributed by atoms with E-state index in [0.717, 1.165) is 48.3 Å². The minimum absolute atomic E-state index is 0.145. The van der Waals surface area contributed by atoms with Crippen LogP contribution in [-0.2, 0) is 6.54 Å². The summed E-state index contributed by atoms with van der Waals surface area (Å²) in [5.41, 5.74) is 3.30. The largest absolute Gasteiger partial charge is 0.467 e. The predicted octanol–water partition coefficient (Wildman–Crippen LogP) is 7.24. The van der Waals surface area contributed by atoms with Crippen molar-refractivity contribution in [1.82, 2.24) is 5.32 Å². The second-order valence-electron chi connectivity index (χ2n) is 6.94. The molecule has 0 saturated carbocycles. The van der Waals surface area contributed by atoms with Crippen LogP contribution in [0.15, 0.2) is 62.1 Å². The fourth-order valence-electron chi connectivity index (χ4n) is 2.82. The highest BCUT2D eigenvalue weighted by molar-refractivity contribution is 6.03. The van der Waals surface area contributed by atoms with Crippen molar-refractivity contribution in [2.45, 2.75) is 80.2 Å². The lowest BCUT2D eigenvalue weighted by Crippen LogP contribution is -2.25. The molecule has 1 N–H and O–H groups in total. The first-order valence-corrected chi connectivity index (χ1v) is 10.0. The van der Waals surface area contributed by atoms with Crippen LogP contribution in [0.3, 0.4) is 0 Å². The summed E-state index contributed by atoms with van der Waals surface area (Å²) in [6.45, 7) is 12.5. The van der Waals surface area contributed by atoms with Gasteiger partial charge in [0.1, 0.15) is 17.4 Å². The Morgan fingerprint density at radius 2 is 1.93 bits per heavy atom. The van der Waals surface area contributed by atoms with Gasteiger partial charge in [-0.15, -0.1) is 0 Å². The molecule has 0 bridgehead atoms. The SMILES string of the molecule is CCC/C=C(\C)NC(=NCc1ccco1)C(=C(C)C)/C(F)=C(/CC)CCC. The van der Waals surface area contributed by atoms with E-state index in [0.29, 0.717) is 24.4 Å². The number of allylic oxidation sites excluding steroid dienone is 4. The molecule has 0 fully saturated rings. The minimum Gasteiger partial charge on any atom is -0.467 e. The number of aliphatic imine (C=N–C) groups is 1. The third-order valence-corrected chi connectivity index (χ3v) is 4.27. The molecule has 1 heterocycles. The zero-order chi connectivity index (χ0) is 20.2. The van der Waals surface area contributed by atoms with Gasteiger partial charge in [0.25, 0.3) is 0 Å². The lowest BCUT2D eigenvalue weighted by molar-refractivity contribution is 0.512. The van der Waals surface area contributed by atoms with Crippen molar-refractivity contribution in [2.75, 3.05) is 0 Å². The maximum Gasteiger partial charge on any atom is 0.135 e. The van der Waals surface area contributed by atoms with Gasteiger partial charge in [-0.05, 0) is 57.7 Å². The summed E-state index contributed by atoms with van der Waals surface area (Å²) in [7, 11) is 0. The Morgan fingerprint density at radius 3 is 2.44 bits per heavy atom. The topological polar surface area (TPSA) is 37.5 Å². The molecule has 0 aliphatic carbocycles. The maximum absolute atomic E-state index is 15.4. The van der Waals surface area contributed by atoms with Crippen LogP contribution < -0.4 is 5.32 Å². The molecule has 3 nitrogen and oxygen atoms in total. The van der Waals surface area contributed by atoms with Gasteiger partial charge in [-0.3, -0.25) is 4.99 Å². The van der Waals surface area contributed by atoms with Gasteiger partial charge in [-0.25, -0.2) is 4.39 Å². The lowest BCUT2D eigenvalue weighted by Gasteiger charge is -2.17. The monoisotopic (exact) mass is 374 g/mol. The van der Waals surface area contributed by atoms with E-state index in [9.17, 15) is 0 Å². The second-order valence-corrected chi connectivity index (χ2v) is 6.94. The molecule has 0 amide bonds. The summed E-state index contributed by atoms with van der Waals surface area (Å²) < 4.78 is 20.8. The summed E-state index contributed by atoms with van der Waals surface area (Å²) in [5, 5.41) is 3.34. The minimum atomic E-state index is -0.145. The van der Waals surface area contributed by atoms with Crippen LogP contribution in [0.25, 0.3) is 0 Å². The number of nitrogens with zero attached hydrogens (tertiary/aromatic N) is 1. The first kappa shape index (κ1) is 22.9. The van der Waals surface area contributed by atoms with E-state index in [1.807, 2.05) is 39.8 Å². The fraction of sp³-hybridized carbons (Fsp3) is 0.522. The van der Waals surface area contributed by atoms with Crippen LogP contribution in [0.2, 0.25) is 0 Å². The average molecular weight is 375 g/mol. The summed E-state index contributed by atoms with van der Waals surface area (Å²) in [4.78, 5) is 4.67. The Morgan fingerprint density at radius 1 is 1.19 bits per heavy atom. The Kier molecular flexibility index (Phi) is 10.5. The molecule has 4 heteroatoms. The van der Waals surface area contributed by atoms with Crippen LogP contribution >= 0.6 is 0 Å². The Labute approximate surface area is 164 Å². The number of hydrogen-bond donors (Lipinski definition) is 1. The average Bonchev–Trinajstić information content (AvgIpc) is 3.15. The standard InChI is InChI=1S/C23H35FN2O/c1-7-10-13-18(6)26-23(25-16-20-14-11-15-27-20)21(17(4)5)22(24)19(9-3)12-8-2/h11,13-15H,7-10,12,16H2,1-6H3,(H,25,26)/b18-13+,22-19+. The first-order chi connectivity index (χ1) is 12.9. The van der Waals surface area contributed by atoms with Gasteiger partial charge in [0.2, 0.25) is 0 Å². The van der Waals surface area contributed by atoms with Gasteiger partial charge < -0.3 is 9.73 Å². The smallest absolute Gasteiger partial charge is 0.135 e. The lowest BCUT2D eigenvalue weighted by atomic mass is 9.99. The van der Waals surface area contributed by atoms with Crippen molar-refractivity contribution in [3.05, 3.63) is 58.5 Å². The number of hydrogen-bond acceptors (Lipinski definition) is 2. The molecule has 0 unspecified atom stereocenters. The molecule has 1 rings (SSSR count). The third-order valence-electron chi connectivity index (χ3n) is 4.27. The Balaban J connectivity index is 3.34. The third kappa shape index (κ3) is 7.58. The van der Waals surface area contributed by atoms with Crippen molar-refractivity contribution in [3.63, 3.8) is 0 Å². The molecule has 0 spiro atoms. The van der Waals surface area contributed by atoms with E-state index in [-0.39, 0.29) is 5.83 Å². The van der Waals surface area contributed by atoms with Crippen molar-refractivity contribution in [3.8, 4) is 0 Å². The number of halogens is 1. The molecule has 150 valence electrons. The molecule has 0 aromatic carbocycles. The number of rotatable bonds is 10. The zero-order valence-electron chi connectivity index (χ0n) is 17.8. The molecular formula is C23H35FN2O. The highest BCUT2D eigenvalue weighted by atomic mass is 19.1. The van der Waals surface area contributed by atoms with Crippen molar-refractivity contribution in [1.29, 1.82) is 0 Å². The van der Waals surface area contributed by atoms with Gasteiger partial charge in [-0.1, -0.05) is 45.3 Å². The van der Waals surface area contributed by atoms with Crippen LogP contribution in [0.1, 0.15) is 79.4 Å². The highest BCUT2D eigenvalue weighted by Crippen LogP contribution is 2.26. The molecule has 0 atom stereocenters.